The molecule has 0 amide bonds. The van der Waals surface area contributed by atoms with Gasteiger partial charge in [0.05, 0.1) is 10.9 Å². The van der Waals surface area contributed by atoms with Crippen LogP contribution in [0.15, 0.2) is 67.1 Å². The zero-order valence-corrected chi connectivity index (χ0v) is 14.7. The molecule has 4 aromatic rings. The Bertz CT molecular complexity index is 1170. The molecular formula is C20H13F3N4O2. The lowest BCUT2D eigenvalue weighted by molar-refractivity contribution is -0.274. The van der Waals surface area contributed by atoms with Crippen molar-refractivity contribution >= 4 is 28.3 Å². The Morgan fingerprint density at radius 3 is 2.59 bits per heavy atom. The monoisotopic (exact) mass is 398 g/mol. The number of fused-ring (bicyclic) bond motifs is 1. The number of ether oxygens (including phenoxy) is 1. The molecule has 0 saturated heterocycles. The molecule has 4 rings (SSSR count). The maximum Gasteiger partial charge on any atom is 0.573 e. The minimum absolute atomic E-state index is 0.233. The Morgan fingerprint density at radius 2 is 1.83 bits per heavy atom. The number of nitrogens with zero attached hydrogens (tertiary/aromatic N) is 2. The number of ketones is 1. The maximum absolute atomic E-state index is 12.9. The summed E-state index contributed by atoms with van der Waals surface area (Å²) in [5, 5.41) is 3.37. The summed E-state index contributed by atoms with van der Waals surface area (Å²) >= 11 is 0. The van der Waals surface area contributed by atoms with Crippen LogP contribution in [0.3, 0.4) is 0 Å². The molecule has 0 fully saturated rings. The van der Waals surface area contributed by atoms with E-state index in [0.717, 1.165) is 0 Å². The second-order valence-corrected chi connectivity index (χ2v) is 6.04. The van der Waals surface area contributed by atoms with Gasteiger partial charge in [0.15, 0.2) is 5.78 Å². The molecule has 146 valence electrons. The molecular weight excluding hydrogens is 385 g/mol. The average Bonchev–Trinajstić information content (AvgIpc) is 3.12. The summed E-state index contributed by atoms with van der Waals surface area (Å²) in [7, 11) is 0. The molecule has 9 heteroatoms. The summed E-state index contributed by atoms with van der Waals surface area (Å²) in [5.74, 6) is -0.328. The molecule has 0 radical (unpaired) electrons. The molecule has 0 unspecified atom stereocenters. The number of rotatable bonds is 5. The van der Waals surface area contributed by atoms with Gasteiger partial charge in [-0.15, -0.1) is 13.2 Å². The van der Waals surface area contributed by atoms with Gasteiger partial charge in [-0.25, -0.2) is 9.97 Å². The van der Waals surface area contributed by atoms with E-state index in [-0.39, 0.29) is 17.4 Å². The molecule has 0 bridgehead atoms. The van der Waals surface area contributed by atoms with E-state index in [9.17, 15) is 18.0 Å². The van der Waals surface area contributed by atoms with Gasteiger partial charge in [-0.2, -0.15) is 0 Å². The Hall–Kier alpha value is -3.88. The maximum atomic E-state index is 12.9. The fraction of sp³-hybridized carbons (Fsp3) is 0.0500. The molecule has 0 aliphatic heterocycles. The van der Waals surface area contributed by atoms with Gasteiger partial charge in [0.25, 0.3) is 0 Å². The predicted octanol–water partition coefficient (Wildman–Crippen LogP) is 4.83. The van der Waals surface area contributed by atoms with Gasteiger partial charge in [-0.05, 0) is 12.1 Å². The largest absolute Gasteiger partial charge is 0.573 e. The van der Waals surface area contributed by atoms with Gasteiger partial charge in [-0.3, -0.25) is 4.79 Å². The Labute approximate surface area is 162 Å². The topological polar surface area (TPSA) is 79.9 Å². The highest BCUT2D eigenvalue weighted by atomic mass is 19.4. The number of halogens is 3. The Kier molecular flexibility index (Phi) is 4.63. The van der Waals surface area contributed by atoms with Gasteiger partial charge in [0.1, 0.15) is 23.5 Å². The molecule has 0 atom stereocenters. The van der Waals surface area contributed by atoms with E-state index >= 15 is 0 Å². The standard InChI is InChI=1S/C20H13F3N4O2/c21-20(22,23)29-14-8-4-7-13(9-14)27-19-16-15(10-24-18(16)25-11-26-19)17(28)12-5-2-1-3-6-12/h1-11H,(H2,24,25,26,27). The number of anilines is 2. The van der Waals surface area contributed by atoms with Gasteiger partial charge < -0.3 is 15.0 Å². The van der Waals surface area contributed by atoms with Crippen LogP contribution in [0.5, 0.6) is 5.75 Å². The summed E-state index contributed by atoms with van der Waals surface area (Å²) in [6, 6.07) is 14.0. The van der Waals surface area contributed by atoms with Crippen LogP contribution < -0.4 is 10.1 Å². The normalized spacial score (nSPS) is 11.4. The molecule has 0 spiro atoms. The lowest BCUT2D eigenvalue weighted by Gasteiger charge is -2.11. The third-order valence-corrected chi connectivity index (χ3v) is 4.08. The zero-order chi connectivity index (χ0) is 20.4. The molecule has 2 aromatic carbocycles. The van der Waals surface area contributed by atoms with Crippen molar-refractivity contribution in [1.82, 2.24) is 15.0 Å². The SMILES string of the molecule is O=C(c1ccccc1)c1c[nH]c2ncnc(Nc3cccc(OC(F)(F)F)c3)c12. The lowest BCUT2D eigenvalue weighted by atomic mass is 10.0. The van der Waals surface area contributed by atoms with Crippen LogP contribution in [0, 0.1) is 0 Å². The number of carbonyl (C=O) groups is 1. The van der Waals surface area contributed by atoms with Crippen molar-refractivity contribution in [1.29, 1.82) is 0 Å². The summed E-state index contributed by atoms with van der Waals surface area (Å²) in [6.07, 6.45) is -1.98. The second kappa shape index (κ2) is 7.27. The summed E-state index contributed by atoms with van der Waals surface area (Å²) in [6.45, 7) is 0. The average molecular weight is 398 g/mol. The van der Waals surface area contributed by atoms with Gasteiger partial charge in [0.2, 0.25) is 0 Å². The van der Waals surface area contributed by atoms with E-state index in [0.29, 0.717) is 27.8 Å². The number of aromatic amines is 1. The van der Waals surface area contributed by atoms with Crippen molar-refractivity contribution in [2.45, 2.75) is 6.36 Å². The first-order valence-electron chi connectivity index (χ1n) is 8.45. The molecule has 2 aromatic heterocycles. The van der Waals surface area contributed by atoms with Gasteiger partial charge >= 0.3 is 6.36 Å². The minimum Gasteiger partial charge on any atom is -0.406 e. The molecule has 0 aliphatic carbocycles. The van der Waals surface area contributed by atoms with E-state index in [1.54, 1.807) is 36.4 Å². The third kappa shape index (κ3) is 4.03. The summed E-state index contributed by atoms with van der Waals surface area (Å²) < 4.78 is 41.3. The summed E-state index contributed by atoms with van der Waals surface area (Å²) in [4.78, 5) is 24.1. The summed E-state index contributed by atoms with van der Waals surface area (Å²) in [5.41, 5.74) is 1.57. The third-order valence-electron chi connectivity index (χ3n) is 4.08. The van der Waals surface area contributed by atoms with Crippen LogP contribution in [0.2, 0.25) is 0 Å². The van der Waals surface area contributed by atoms with Crippen LogP contribution in [0.25, 0.3) is 11.0 Å². The molecule has 2 N–H and O–H groups in total. The first-order valence-corrected chi connectivity index (χ1v) is 8.45. The van der Waals surface area contributed by atoms with E-state index in [4.69, 9.17) is 0 Å². The van der Waals surface area contributed by atoms with Gasteiger partial charge in [-0.1, -0.05) is 36.4 Å². The van der Waals surface area contributed by atoms with Crippen LogP contribution >= 0.6 is 0 Å². The van der Waals surface area contributed by atoms with Crippen LogP contribution in [0.1, 0.15) is 15.9 Å². The number of alkyl halides is 3. The van der Waals surface area contributed by atoms with Crippen LogP contribution in [0.4, 0.5) is 24.7 Å². The molecule has 0 saturated carbocycles. The van der Waals surface area contributed by atoms with Crippen molar-refractivity contribution < 1.29 is 22.7 Å². The number of nitrogens with one attached hydrogen (secondary N) is 2. The molecule has 29 heavy (non-hydrogen) atoms. The number of hydrogen-bond acceptors (Lipinski definition) is 5. The van der Waals surface area contributed by atoms with Crippen molar-refractivity contribution in [2.24, 2.45) is 0 Å². The zero-order valence-electron chi connectivity index (χ0n) is 14.7. The predicted molar refractivity (Wildman–Crippen MR) is 100 cm³/mol. The molecule has 6 nitrogen and oxygen atoms in total. The van der Waals surface area contributed by atoms with E-state index in [2.05, 4.69) is 25.0 Å². The number of benzene rings is 2. The van der Waals surface area contributed by atoms with Crippen molar-refractivity contribution in [3.05, 3.63) is 78.2 Å². The highest BCUT2D eigenvalue weighted by Crippen LogP contribution is 2.30. The fourth-order valence-electron chi connectivity index (χ4n) is 2.89. The number of H-pyrrole nitrogens is 1. The fourth-order valence-corrected chi connectivity index (χ4v) is 2.89. The number of carbonyl (C=O) groups excluding carboxylic acids is 1. The van der Waals surface area contributed by atoms with E-state index < -0.39 is 6.36 Å². The Morgan fingerprint density at radius 1 is 1.03 bits per heavy atom. The van der Waals surface area contributed by atoms with Crippen molar-refractivity contribution in [3.8, 4) is 5.75 Å². The smallest absolute Gasteiger partial charge is 0.406 e. The Balaban J connectivity index is 1.71. The first-order chi connectivity index (χ1) is 13.9. The molecule has 2 heterocycles. The lowest BCUT2D eigenvalue weighted by Crippen LogP contribution is -2.17. The van der Waals surface area contributed by atoms with Gasteiger partial charge in [0, 0.05) is 23.5 Å². The van der Waals surface area contributed by atoms with Crippen molar-refractivity contribution in [3.63, 3.8) is 0 Å². The highest BCUT2D eigenvalue weighted by molar-refractivity contribution is 6.18. The van der Waals surface area contributed by atoms with E-state index in [1.807, 2.05) is 0 Å². The second-order valence-electron chi connectivity index (χ2n) is 6.04. The minimum atomic E-state index is -4.79. The molecule has 0 aliphatic rings. The number of hydrogen-bond donors (Lipinski definition) is 2. The first kappa shape index (κ1) is 18.5. The van der Waals surface area contributed by atoms with E-state index in [1.165, 1.54) is 30.7 Å². The quantitative estimate of drug-likeness (QED) is 0.471. The van der Waals surface area contributed by atoms with Crippen LogP contribution in [-0.4, -0.2) is 27.1 Å². The van der Waals surface area contributed by atoms with Crippen molar-refractivity contribution in [2.75, 3.05) is 5.32 Å². The highest BCUT2D eigenvalue weighted by Gasteiger charge is 2.31. The van der Waals surface area contributed by atoms with Crippen LogP contribution in [-0.2, 0) is 0 Å². The number of aromatic nitrogens is 3.